The summed E-state index contributed by atoms with van der Waals surface area (Å²) in [5.74, 6) is 0.149. The molecule has 0 fully saturated rings. The lowest BCUT2D eigenvalue weighted by Crippen LogP contribution is -2.37. The van der Waals surface area contributed by atoms with E-state index in [1.165, 1.54) is 0 Å². The third kappa shape index (κ3) is 4.88. The van der Waals surface area contributed by atoms with Crippen LogP contribution in [0.1, 0.15) is 40.0 Å². The predicted molar refractivity (Wildman–Crippen MR) is 55.4 cm³/mol. The fourth-order valence-electron chi connectivity index (χ4n) is 1.28. The largest absolute Gasteiger partial charge is 0.343 e. The van der Waals surface area contributed by atoms with E-state index in [-0.39, 0.29) is 11.9 Å². The van der Waals surface area contributed by atoms with Gasteiger partial charge in [-0.25, -0.2) is 0 Å². The van der Waals surface area contributed by atoms with Crippen molar-refractivity contribution in [3.63, 3.8) is 0 Å². The van der Waals surface area contributed by atoms with Crippen LogP contribution in [0.2, 0.25) is 0 Å². The molecule has 2 N–H and O–H groups in total. The highest BCUT2D eigenvalue weighted by molar-refractivity contribution is 5.76. The number of nitrogens with two attached hydrogens (primary N) is 1. The molecule has 13 heavy (non-hydrogen) atoms. The molecule has 0 aromatic carbocycles. The van der Waals surface area contributed by atoms with Crippen molar-refractivity contribution in [2.24, 2.45) is 5.73 Å². The lowest BCUT2D eigenvalue weighted by atomic mass is 10.1. The zero-order chi connectivity index (χ0) is 10.4. The summed E-state index contributed by atoms with van der Waals surface area (Å²) in [6, 6.07) is 0.292. The van der Waals surface area contributed by atoms with Crippen molar-refractivity contribution in [1.82, 2.24) is 4.90 Å². The van der Waals surface area contributed by atoms with Gasteiger partial charge in [-0.15, -0.1) is 0 Å². The van der Waals surface area contributed by atoms with Crippen LogP contribution in [0, 0.1) is 0 Å². The standard InChI is InChI=1S/C10H22N2O/c1-5-6-9(3)12(4)10(13)7-8(2)11/h8-9H,5-7,11H2,1-4H3. The smallest absolute Gasteiger partial charge is 0.224 e. The Kier molecular flexibility index (Phi) is 5.71. The maximum atomic E-state index is 11.5. The van der Waals surface area contributed by atoms with E-state index >= 15 is 0 Å². The van der Waals surface area contributed by atoms with Crippen molar-refractivity contribution in [2.45, 2.75) is 52.1 Å². The van der Waals surface area contributed by atoms with E-state index in [0.29, 0.717) is 12.5 Å². The first-order chi connectivity index (χ1) is 5.99. The molecule has 78 valence electrons. The Hall–Kier alpha value is -0.570. The molecule has 0 aromatic heterocycles. The second-order valence-electron chi connectivity index (χ2n) is 3.82. The Bertz CT molecular complexity index is 157. The molecule has 0 radical (unpaired) electrons. The number of carbonyl (C=O) groups is 1. The van der Waals surface area contributed by atoms with Crippen molar-refractivity contribution in [3.8, 4) is 0 Å². The molecule has 3 heteroatoms. The molecular weight excluding hydrogens is 164 g/mol. The third-order valence-electron chi connectivity index (χ3n) is 2.26. The van der Waals surface area contributed by atoms with Gasteiger partial charge >= 0.3 is 0 Å². The summed E-state index contributed by atoms with van der Waals surface area (Å²) >= 11 is 0. The second-order valence-corrected chi connectivity index (χ2v) is 3.82. The predicted octanol–water partition coefficient (Wildman–Crippen LogP) is 1.37. The lowest BCUT2D eigenvalue weighted by molar-refractivity contribution is -0.132. The summed E-state index contributed by atoms with van der Waals surface area (Å²) in [6.45, 7) is 6.05. The topological polar surface area (TPSA) is 46.3 Å². The van der Waals surface area contributed by atoms with E-state index in [4.69, 9.17) is 5.73 Å². The molecule has 0 rings (SSSR count). The zero-order valence-electron chi connectivity index (χ0n) is 9.21. The van der Waals surface area contributed by atoms with Crippen LogP contribution in [0.15, 0.2) is 0 Å². The number of amides is 1. The van der Waals surface area contributed by atoms with Gasteiger partial charge in [-0.2, -0.15) is 0 Å². The minimum atomic E-state index is -0.0382. The van der Waals surface area contributed by atoms with Gasteiger partial charge < -0.3 is 10.6 Å². The second kappa shape index (κ2) is 5.97. The van der Waals surface area contributed by atoms with Gasteiger partial charge in [-0.3, -0.25) is 4.79 Å². The number of hydrogen-bond acceptors (Lipinski definition) is 2. The molecule has 0 aliphatic rings. The first-order valence-corrected chi connectivity index (χ1v) is 5.00. The van der Waals surface area contributed by atoms with Crippen LogP contribution in [0.3, 0.4) is 0 Å². The molecule has 0 aliphatic carbocycles. The molecule has 0 heterocycles. The van der Waals surface area contributed by atoms with Crippen molar-refractivity contribution < 1.29 is 4.79 Å². The van der Waals surface area contributed by atoms with Crippen LogP contribution in [0.4, 0.5) is 0 Å². The molecule has 0 aliphatic heterocycles. The highest BCUT2D eigenvalue weighted by Gasteiger charge is 2.15. The molecule has 1 amide bonds. The first-order valence-electron chi connectivity index (χ1n) is 5.00. The highest BCUT2D eigenvalue weighted by Crippen LogP contribution is 2.06. The Balaban J connectivity index is 3.93. The molecule has 2 atom stereocenters. The van der Waals surface area contributed by atoms with Crippen molar-refractivity contribution in [1.29, 1.82) is 0 Å². The molecule has 0 spiro atoms. The van der Waals surface area contributed by atoms with Crippen LogP contribution in [-0.4, -0.2) is 29.9 Å². The average molecular weight is 186 g/mol. The van der Waals surface area contributed by atoms with Gasteiger partial charge in [0.15, 0.2) is 0 Å². The first kappa shape index (κ1) is 12.4. The van der Waals surface area contributed by atoms with Crippen LogP contribution < -0.4 is 5.73 Å². The summed E-state index contributed by atoms with van der Waals surface area (Å²) in [5, 5.41) is 0. The Morgan fingerprint density at radius 3 is 2.38 bits per heavy atom. The van der Waals surface area contributed by atoms with Crippen LogP contribution in [-0.2, 0) is 4.79 Å². The number of nitrogens with zero attached hydrogens (tertiary/aromatic N) is 1. The minimum absolute atomic E-state index is 0.0382. The van der Waals surface area contributed by atoms with Crippen molar-refractivity contribution in [3.05, 3.63) is 0 Å². The number of rotatable bonds is 5. The van der Waals surface area contributed by atoms with Gasteiger partial charge in [-0.05, 0) is 20.3 Å². The van der Waals surface area contributed by atoms with Crippen molar-refractivity contribution in [2.75, 3.05) is 7.05 Å². The molecule has 2 unspecified atom stereocenters. The summed E-state index contributed by atoms with van der Waals surface area (Å²) in [7, 11) is 1.85. The number of carbonyl (C=O) groups excluding carboxylic acids is 1. The molecular formula is C10H22N2O. The van der Waals surface area contributed by atoms with Gasteiger partial charge in [0, 0.05) is 25.6 Å². The number of hydrogen-bond donors (Lipinski definition) is 1. The molecule has 0 aromatic rings. The normalized spacial score (nSPS) is 15.2. The lowest BCUT2D eigenvalue weighted by Gasteiger charge is -2.25. The zero-order valence-corrected chi connectivity index (χ0v) is 9.21. The van der Waals surface area contributed by atoms with E-state index in [9.17, 15) is 4.79 Å². The third-order valence-corrected chi connectivity index (χ3v) is 2.26. The van der Waals surface area contributed by atoms with Gasteiger partial charge in [0.2, 0.25) is 5.91 Å². The summed E-state index contributed by atoms with van der Waals surface area (Å²) < 4.78 is 0. The molecule has 0 saturated carbocycles. The van der Waals surface area contributed by atoms with E-state index < -0.39 is 0 Å². The SMILES string of the molecule is CCCC(C)N(C)C(=O)CC(C)N. The van der Waals surface area contributed by atoms with Gasteiger partial charge in [-0.1, -0.05) is 13.3 Å². The van der Waals surface area contributed by atoms with Gasteiger partial charge in [0.25, 0.3) is 0 Å². The van der Waals surface area contributed by atoms with E-state index in [0.717, 1.165) is 12.8 Å². The highest BCUT2D eigenvalue weighted by atomic mass is 16.2. The summed E-state index contributed by atoms with van der Waals surface area (Å²) in [6.07, 6.45) is 2.61. The Labute approximate surface area is 81.3 Å². The van der Waals surface area contributed by atoms with Crippen LogP contribution >= 0.6 is 0 Å². The molecule has 0 bridgehead atoms. The van der Waals surface area contributed by atoms with E-state index in [2.05, 4.69) is 13.8 Å². The molecule has 0 saturated heterocycles. The summed E-state index contributed by atoms with van der Waals surface area (Å²) in [4.78, 5) is 13.3. The van der Waals surface area contributed by atoms with E-state index in [1.807, 2.05) is 14.0 Å². The van der Waals surface area contributed by atoms with Crippen molar-refractivity contribution >= 4 is 5.91 Å². The summed E-state index contributed by atoms with van der Waals surface area (Å²) in [5.41, 5.74) is 5.56. The van der Waals surface area contributed by atoms with Crippen LogP contribution in [0.5, 0.6) is 0 Å². The Morgan fingerprint density at radius 1 is 1.46 bits per heavy atom. The van der Waals surface area contributed by atoms with Gasteiger partial charge in [0.1, 0.15) is 0 Å². The van der Waals surface area contributed by atoms with Gasteiger partial charge in [0.05, 0.1) is 0 Å². The molecule has 3 nitrogen and oxygen atoms in total. The van der Waals surface area contributed by atoms with Crippen LogP contribution in [0.25, 0.3) is 0 Å². The average Bonchev–Trinajstić information content (AvgIpc) is 2.02. The fraction of sp³-hybridized carbons (Fsp3) is 0.900. The maximum Gasteiger partial charge on any atom is 0.224 e. The quantitative estimate of drug-likeness (QED) is 0.705. The Morgan fingerprint density at radius 2 is 2.00 bits per heavy atom. The minimum Gasteiger partial charge on any atom is -0.343 e. The maximum absolute atomic E-state index is 11.5. The fourth-order valence-corrected chi connectivity index (χ4v) is 1.28. The van der Waals surface area contributed by atoms with E-state index in [1.54, 1.807) is 4.90 Å². The monoisotopic (exact) mass is 186 g/mol.